The molecule has 0 N–H and O–H groups in total. The van der Waals surface area contributed by atoms with Crippen LogP contribution in [0.3, 0.4) is 0 Å². The fourth-order valence-electron chi connectivity index (χ4n) is 2.13. The van der Waals surface area contributed by atoms with Gasteiger partial charge in [-0.2, -0.15) is 0 Å². The lowest BCUT2D eigenvalue weighted by Crippen LogP contribution is -2.48. The molecule has 2 aliphatic rings. The van der Waals surface area contributed by atoms with Crippen molar-refractivity contribution in [1.29, 1.82) is 0 Å². The van der Waals surface area contributed by atoms with Crippen LogP contribution in [0, 0.1) is 0 Å². The number of carbonyl (C=O) groups is 2. The van der Waals surface area contributed by atoms with E-state index in [0.717, 1.165) is 10.5 Å². The number of rotatable bonds is 2. The van der Waals surface area contributed by atoms with Crippen molar-refractivity contribution in [1.82, 2.24) is 4.90 Å². The molecule has 1 aromatic rings. The molecule has 18 heavy (non-hydrogen) atoms. The number of fused-ring (bicyclic) bond motifs is 1. The Balaban J connectivity index is 2.08. The van der Waals surface area contributed by atoms with Gasteiger partial charge >= 0.3 is 5.97 Å². The Morgan fingerprint density at radius 1 is 1.39 bits per heavy atom. The summed E-state index contributed by atoms with van der Waals surface area (Å²) in [6.07, 6.45) is 0.488. The summed E-state index contributed by atoms with van der Waals surface area (Å²) in [5.74, 6) is -0.462. The van der Waals surface area contributed by atoms with Crippen LogP contribution in [0.5, 0.6) is 0 Å². The quantitative estimate of drug-likeness (QED) is 0.602. The number of amides is 1. The van der Waals surface area contributed by atoms with Gasteiger partial charge in [0.25, 0.3) is 0 Å². The third-order valence-electron chi connectivity index (χ3n) is 3.03. The lowest BCUT2D eigenvalue weighted by molar-refractivity contribution is -0.146. The summed E-state index contributed by atoms with van der Waals surface area (Å²) < 4.78 is 4.78. The van der Waals surface area contributed by atoms with Gasteiger partial charge in [0, 0.05) is 4.91 Å². The summed E-state index contributed by atoms with van der Waals surface area (Å²) in [4.78, 5) is 25.8. The van der Waals surface area contributed by atoms with E-state index in [2.05, 4.69) is 0 Å². The summed E-state index contributed by atoms with van der Waals surface area (Å²) in [6.45, 7) is 0. The number of hydrogen-bond acceptors (Lipinski definition) is 4. The molecule has 1 amide bonds. The standard InChI is InChI=1S/C13H11NO3S/c1-17-13(16)11-12(8-5-3-2-4-6-8)18-10-7-9(15)14(10)11/h2-6,10H,7H2,1H3. The highest BCUT2D eigenvalue weighted by atomic mass is 32.2. The summed E-state index contributed by atoms with van der Waals surface area (Å²) >= 11 is 1.55. The molecule has 5 heteroatoms. The molecule has 1 aromatic carbocycles. The normalized spacial score (nSPS) is 21.7. The summed E-state index contributed by atoms with van der Waals surface area (Å²) in [5, 5.41) is 0.0572. The fraction of sp³-hybridized carbons (Fsp3) is 0.231. The first kappa shape index (κ1) is 11.3. The number of benzene rings is 1. The highest BCUT2D eigenvalue weighted by molar-refractivity contribution is 8.09. The zero-order chi connectivity index (χ0) is 12.7. The second kappa shape index (κ2) is 4.17. The van der Waals surface area contributed by atoms with Crippen molar-refractivity contribution >= 4 is 28.5 Å². The molecule has 2 aliphatic heterocycles. The van der Waals surface area contributed by atoms with Crippen molar-refractivity contribution < 1.29 is 14.3 Å². The van der Waals surface area contributed by atoms with Crippen molar-refractivity contribution in [2.75, 3.05) is 7.11 Å². The molecule has 4 nitrogen and oxygen atoms in total. The first-order chi connectivity index (χ1) is 8.72. The molecule has 0 radical (unpaired) electrons. The van der Waals surface area contributed by atoms with Crippen LogP contribution >= 0.6 is 11.8 Å². The number of nitrogens with zero attached hydrogens (tertiary/aromatic N) is 1. The third-order valence-corrected chi connectivity index (χ3v) is 4.34. The number of ether oxygens (including phenoxy) is 1. The maximum atomic E-state index is 11.8. The van der Waals surface area contributed by atoms with Crippen LogP contribution in [0.25, 0.3) is 4.91 Å². The minimum Gasteiger partial charge on any atom is -0.464 e. The smallest absolute Gasteiger partial charge is 0.356 e. The van der Waals surface area contributed by atoms with E-state index in [1.165, 1.54) is 7.11 Å². The monoisotopic (exact) mass is 261 g/mol. The van der Waals surface area contributed by atoms with Crippen LogP contribution in [-0.4, -0.2) is 29.3 Å². The minimum absolute atomic E-state index is 0.0150. The molecular weight excluding hydrogens is 250 g/mol. The summed E-state index contributed by atoms with van der Waals surface area (Å²) in [5.41, 5.74) is 1.33. The Morgan fingerprint density at radius 2 is 2.11 bits per heavy atom. The molecule has 1 atom stereocenters. The van der Waals surface area contributed by atoms with E-state index in [-0.39, 0.29) is 11.3 Å². The average Bonchev–Trinajstić information content (AvgIpc) is 2.71. The Morgan fingerprint density at radius 3 is 2.72 bits per heavy atom. The van der Waals surface area contributed by atoms with Crippen LogP contribution in [0.2, 0.25) is 0 Å². The second-order valence-corrected chi connectivity index (χ2v) is 5.26. The first-order valence-electron chi connectivity index (χ1n) is 5.59. The molecule has 0 aliphatic carbocycles. The third kappa shape index (κ3) is 1.54. The molecule has 0 spiro atoms. The lowest BCUT2D eigenvalue weighted by Gasteiger charge is -2.34. The number of hydrogen-bond donors (Lipinski definition) is 0. The molecule has 3 rings (SSSR count). The maximum absolute atomic E-state index is 11.8. The van der Waals surface area contributed by atoms with Gasteiger partial charge in [-0.05, 0) is 5.56 Å². The topological polar surface area (TPSA) is 46.6 Å². The SMILES string of the molecule is COC(=O)C1=C(c2ccccc2)SC2CC(=O)N12. The molecule has 0 bridgehead atoms. The minimum atomic E-state index is -0.447. The number of esters is 1. The van der Waals surface area contributed by atoms with Gasteiger partial charge in [0.1, 0.15) is 5.70 Å². The number of carbonyl (C=O) groups excluding carboxylic acids is 2. The van der Waals surface area contributed by atoms with Gasteiger partial charge in [-0.1, -0.05) is 42.1 Å². The van der Waals surface area contributed by atoms with Gasteiger partial charge in [0.05, 0.1) is 18.9 Å². The molecule has 1 fully saturated rings. The molecule has 92 valence electrons. The molecular formula is C13H11NO3S. The van der Waals surface area contributed by atoms with Crippen LogP contribution in [-0.2, 0) is 14.3 Å². The zero-order valence-corrected chi connectivity index (χ0v) is 10.6. The summed E-state index contributed by atoms with van der Waals surface area (Å²) in [6, 6.07) is 9.61. The van der Waals surface area contributed by atoms with E-state index in [0.29, 0.717) is 12.1 Å². The Labute approximate surface area is 109 Å². The Kier molecular flexibility index (Phi) is 2.63. The van der Waals surface area contributed by atoms with Crippen LogP contribution in [0.4, 0.5) is 0 Å². The van der Waals surface area contributed by atoms with Gasteiger partial charge in [-0.15, -0.1) is 0 Å². The molecule has 0 saturated carbocycles. The first-order valence-corrected chi connectivity index (χ1v) is 6.47. The Hall–Kier alpha value is -1.75. The molecule has 2 heterocycles. The van der Waals surface area contributed by atoms with Crippen LogP contribution < -0.4 is 0 Å². The van der Waals surface area contributed by atoms with Gasteiger partial charge in [-0.25, -0.2) is 4.79 Å². The number of β-lactam (4-membered cyclic amide) rings is 1. The lowest BCUT2D eigenvalue weighted by atomic mass is 10.1. The van der Waals surface area contributed by atoms with Crippen LogP contribution in [0.15, 0.2) is 36.0 Å². The van der Waals surface area contributed by atoms with E-state index < -0.39 is 5.97 Å². The molecule has 1 unspecified atom stereocenters. The van der Waals surface area contributed by atoms with E-state index in [1.54, 1.807) is 16.7 Å². The van der Waals surface area contributed by atoms with E-state index in [9.17, 15) is 9.59 Å². The van der Waals surface area contributed by atoms with Gasteiger partial charge in [0.15, 0.2) is 0 Å². The zero-order valence-electron chi connectivity index (χ0n) is 9.75. The van der Waals surface area contributed by atoms with E-state index in [1.807, 2.05) is 30.3 Å². The summed E-state index contributed by atoms with van der Waals surface area (Å²) in [7, 11) is 1.33. The number of methoxy groups -OCH3 is 1. The van der Waals surface area contributed by atoms with Crippen molar-refractivity contribution in [2.24, 2.45) is 0 Å². The van der Waals surface area contributed by atoms with E-state index in [4.69, 9.17) is 4.74 Å². The van der Waals surface area contributed by atoms with Crippen molar-refractivity contribution in [3.63, 3.8) is 0 Å². The fourth-order valence-corrected chi connectivity index (χ4v) is 3.53. The molecule has 0 aromatic heterocycles. The Bertz CT molecular complexity index is 553. The van der Waals surface area contributed by atoms with Crippen molar-refractivity contribution in [3.8, 4) is 0 Å². The van der Waals surface area contributed by atoms with Gasteiger partial charge in [0.2, 0.25) is 5.91 Å². The highest BCUT2D eigenvalue weighted by Gasteiger charge is 2.48. The van der Waals surface area contributed by atoms with Crippen LogP contribution in [0.1, 0.15) is 12.0 Å². The largest absolute Gasteiger partial charge is 0.464 e. The predicted molar refractivity (Wildman–Crippen MR) is 68.2 cm³/mol. The number of thioether (sulfide) groups is 1. The van der Waals surface area contributed by atoms with Gasteiger partial charge in [-0.3, -0.25) is 9.69 Å². The van der Waals surface area contributed by atoms with Crippen molar-refractivity contribution in [3.05, 3.63) is 41.6 Å². The average molecular weight is 261 g/mol. The van der Waals surface area contributed by atoms with Gasteiger partial charge < -0.3 is 4.74 Å². The highest BCUT2D eigenvalue weighted by Crippen LogP contribution is 2.50. The predicted octanol–water partition coefficient (Wildman–Crippen LogP) is 1.83. The second-order valence-electron chi connectivity index (χ2n) is 4.08. The maximum Gasteiger partial charge on any atom is 0.356 e. The van der Waals surface area contributed by atoms with E-state index >= 15 is 0 Å². The molecule has 1 saturated heterocycles. The van der Waals surface area contributed by atoms with Crippen molar-refractivity contribution in [2.45, 2.75) is 11.8 Å².